The maximum atomic E-state index is 14.0. The van der Waals surface area contributed by atoms with Crippen LogP contribution in [-0.2, 0) is 4.74 Å². The van der Waals surface area contributed by atoms with Crippen molar-refractivity contribution in [3.63, 3.8) is 0 Å². The molecule has 1 unspecified atom stereocenters. The molecule has 2 N–H and O–H groups in total. The van der Waals surface area contributed by atoms with Crippen molar-refractivity contribution in [2.24, 2.45) is 0 Å². The SMILES string of the molecule is Cc1cncc(-c2ccc(-c3cccnc(NC4CCOC4)ncn(C4CCNCC4)c3=O)c(Cl)c2)n1. The van der Waals surface area contributed by atoms with Gasteiger partial charge in [0.15, 0.2) is 0 Å². The van der Waals surface area contributed by atoms with Crippen LogP contribution in [0.3, 0.4) is 0 Å². The Morgan fingerprint density at radius 1 is 1.11 bits per heavy atom. The summed E-state index contributed by atoms with van der Waals surface area (Å²) in [5.41, 5.74) is 3.34. The van der Waals surface area contributed by atoms with Crippen molar-refractivity contribution < 1.29 is 4.74 Å². The minimum absolute atomic E-state index is 0.0148. The fourth-order valence-corrected chi connectivity index (χ4v) is 4.90. The van der Waals surface area contributed by atoms with E-state index in [-0.39, 0.29) is 17.6 Å². The van der Waals surface area contributed by atoms with E-state index in [0.29, 0.717) is 35.3 Å². The Morgan fingerprint density at radius 3 is 2.73 bits per heavy atom. The summed E-state index contributed by atoms with van der Waals surface area (Å²) in [6.45, 7) is 4.90. The molecule has 3 aromatic rings. The molecule has 192 valence electrons. The number of nitrogens with zero attached hydrogens (tertiary/aromatic N) is 5. The molecule has 9 nitrogen and oxygen atoms in total. The molecule has 0 spiro atoms. The summed E-state index contributed by atoms with van der Waals surface area (Å²) >= 11 is 6.76. The summed E-state index contributed by atoms with van der Waals surface area (Å²) in [6.07, 6.45) is 9.20. The molecule has 0 radical (unpaired) electrons. The molecular weight excluding hydrogens is 490 g/mol. The molecule has 5 rings (SSSR count). The van der Waals surface area contributed by atoms with Gasteiger partial charge >= 0.3 is 0 Å². The van der Waals surface area contributed by atoms with Gasteiger partial charge in [-0.15, -0.1) is 0 Å². The van der Waals surface area contributed by atoms with E-state index in [4.69, 9.17) is 16.3 Å². The Morgan fingerprint density at radius 2 is 1.97 bits per heavy atom. The monoisotopic (exact) mass is 519 g/mol. The molecule has 2 aliphatic heterocycles. The Hall–Kier alpha value is -3.40. The van der Waals surface area contributed by atoms with Crippen molar-refractivity contribution in [1.82, 2.24) is 29.8 Å². The van der Waals surface area contributed by atoms with E-state index in [1.165, 1.54) is 0 Å². The zero-order chi connectivity index (χ0) is 25.6. The van der Waals surface area contributed by atoms with Crippen LogP contribution < -0.4 is 16.2 Å². The van der Waals surface area contributed by atoms with Crippen molar-refractivity contribution >= 4 is 17.5 Å². The number of benzene rings is 1. The van der Waals surface area contributed by atoms with Crippen molar-refractivity contribution in [3.8, 4) is 22.4 Å². The molecule has 0 saturated carbocycles. The van der Waals surface area contributed by atoms with Crippen molar-refractivity contribution in [3.05, 3.63) is 76.3 Å². The van der Waals surface area contributed by atoms with Crippen LogP contribution in [0.15, 0.2) is 60.0 Å². The Balaban J connectivity index is 1.60. The highest BCUT2D eigenvalue weighted by Gasteiger charge is 2.19. The Kier molecular flexibility index (Phi) is 8.03. The number of aryl methyl sites for hydroxylation is 1. The Bertz CT molecular complexity index is 1370. The zero-order valence-electron chi connectivity index (χ0n) is 20.7. The maximum absolute atomic E-state index is 14.0. The standard InChI is InChI=1S/C27H30ClN7O2/c1-18-14-30-15-25(33-18)19-4-5-22(24(28)13-19)23-3-2-9-31-27(34-20-8-12-37-16-20)32-17-35(26(23)36)21-6-10-29-11-7-21/h2-5,9,13-15,17,20-21,29H,6-8,10-12,16H2,1H3,(H,31,34). The lowest BCUT2D eigenvalue weighted by molar-refractivity contribution is 0.195. The van der Waals surface area contributed by atoms with Gasteiger partial charge in [0.25, 0.3) is 5.56 Å². The first kappa shape index (κ1) is 25.3. The van der Waals surface area contributed by atoms with E-state index in [0.717, 1.165) is 49.3 Å². The normalized spacial score (nSPS) is 17.8. The van der Waals surface area contributed by atoms with Crippen molar-refractivity contribution in [1.29, 1.82) is 0 Å². The van der Waals surface area contributed by atoms with E-state index in [1.54, 1.807) is 41.6 Å². The second-order valence-electron chi connectivity index (χ2n) is 9.26. The fraction of sp³-hybridized carbons (Fsp3) is 0.370. The van der Waals surface area contributed by atoms with Crippen LogP contribution in [0.25, 0.3) is 22.4 Å². The first-order valence-electron chi connectivity index (χ1n) is 12.5. The largest absolute Gasteiger partial charge is 0.379 e. The lowest BCUT2D eigenvalue weighted by Gasteiger charge is -2.24. The number of anilines is 1. The van der Waals surface area contributed by atoms with E-state index in [1.807, 2.05) is 25.1 Å². The minimum atomic E-state index is -0.157. The lowest BCUT2D eigenvalue weighted by Crippen LogP contribution is -2.34. The van der Waals surface area contributed by atoms with Gasteiger partial charge < -0.3 is 15.4 Å². The molecule has 0 amide bonds. The number of ether oxygens (including phenoxy) is 1. The van der Waals surface area contributed by atoms with Crippen molar-refractivity contribution in [2.45, 2.75) is 38.3 Å². The summed E-state index contributed by atoms with van der Waals surface area (Å²) in [5, 5.41) is 7.14. The first-order chi connectivity index (χ1) is 18.1. The van der Waals surface area contributed by atoms with Gasteiger partial charge in [-0.2, -0.15) is 0 Å². The lowest BCUT2D eigenvalue weighted by atomic mass is 10.0. The van der Waals surface area contributed by atoms with E-state index < -0.39 is 0 Å². The molecule has 37 heavy (non-hydrogen) atoms. The molecule has 1 aromatic carbocycles. The average Bonchev–Trinajstić information content (AvgIpc) is 3.42. The average molecular weight is 520 g/mol. The molecule has 1 atom stereocenters. The molecule has 10 heteroatoms. The third kappa shape index (κ3) is 6.12. The predicted octanol–water partition coefficient (Wildman–Crippen LogP) is 3.97. The minimum Gasteiger partial charge on any atom is -0.379 e. The highest BCUT2D eigenvalue weighted by atomic mass is 35.5. The fourth-order valence-electron chi connectivity index (χ4n) is 4.62. The molecule has 4 heterocycles. The number of hydrogen-bond donors (Lipinski definition) is 2. The van der Waals surface area contributed by atoms with Gasteiger partial charge in [-0.3, -0.25) is 14.3 Å². The summed E-state index contributed by atoms with van der Waals surface area (Å²) < 4.78 is 7.19. The number of piperidine rings is 1. The highest BCUT2D eigenvalue weighted by molar-refractivity contribution is 6.33. The van der Waals surface area contributed by atoms with Gasteiger partial charge in [0.1, 0.15) is 6.33 Å². The number of aromatic nitrogens is 5. The molecule has 0 bridgehead atoms. The van der Waals surface area contributed by atoms with E-state index in [9.17, 15) is 4.79 Å². The van der Waals surface area contributed by atoms with Crippen molar-refractivity contribution in [2.75, 3.05) is 31.6 Å². The van der Waals surface area contributed by atoms with Gasteiger partial charge in [0.2, 0.25) is 5.95 Å². The number of rotatable bonds is 5. The molecule has 2 fully saturated rings. The first-order valence-corrected chi connectivity index (χ1v) is 12.9. The van der Waals surface area contributed by atoms with Crippen LogP contribution in [-0.4, -0.2) is 56.8 Å². The van der Waals surface area contributed by atoms with Crippen LogP contribution >= 0.6 is 11.6 Å². The van der Waals surface area contributed by atoms with Gasteiger partial charge in [-0.25, -0.2) is 15.0 Å². The Labute approximate surface area is 220 Å². The molecule has 0 aliphatic carbocycles. The van der Waals surface area contributed by atoms with Crippen LogP contribution in [0.1, 0.15) is 31.0 Å². The molecular formula is C27H30ClN7O2. The van der Waals surface area contributed by atoms with Crippen LogP contribution in [0.2, 0.25) is 5.02 Å². The number of hydrogen-bond acceptors (Lipinski definition) is 8. The summed E-state index contributed by atoms with van der Waals surface area (Å²) in [6, 6.07) is 9.27. The van der Waals surface area contributed by atoms with E-state index in [2.05, 4.69) is 30.6 Å². The summed E-state index contributed by atoms with van der Waals surface area (Å²) in [5.74, 6) is 0.456. The highest BCUT2D eigenvalue weighted by Crippen LogP contribution is 2.30. The quantitative estimate of drug-likeness (QED) is 0.521. The molecule has 2 aliphatic rings. The van der Waals surface area contributed by atoms with Crippen LogP contribution in [0, 0.1) is 6.92 Å². The maximum Gasteiger partial charge on any atom is 0.259 e. The third-order valence-electron chi connectivity index (χ3n) is 6.59. The topological polar surface area (TPSA) is 107 Å². The molecule has 2 aromatic heterocycles. The smallest absolute Gasteiger partial charge is 0.259 e. The predicted molar refractivity (Wildman–Crippen MR) is 144 cm³/mol. The summed E-state index contributed by atoms with van der Waals surface area (Å²) in [7, 11) is 0. The van der Waals surface area contributed by atoms with Gasteiger partial charge in [-0.05, 0) is 57.5 Å². The summed E-state index contributed by atoms with van der Waals surface area (Å²) in [4.78, 5) is 31.9. The van der Waals surface area contributed by atoms with Crippen LogP contribution in [0.4, 0.5) is 5.95 Å². The van der Waals surface area contributed by atoms with Gasteiger partial charge in [-0.1, -0.05) is 23.7 Å². The number of halogens is 1. The number of nitrogens with one attached hydrogen (secondary N) is 2. The molecule has 2 saturated heterocycles. The second-order valence-corrected chi connectivity index (χ2v) is 9.67. The third-order valence-corrected chi connectivity index (χ3v) is 6.90. The second kappa shape index (κ2) is 11.8. The van der Waals surface area contributed by atoms with Gasteiger partial charge in [0, 0.05) is 46.8 Å². The van der Waals surface area contributed by atoms with Crippen LogP contribution in [0.5, 0.6) is 0 Å². The van der Waals surface area contributed by atoms with E-state index >= 15 is 0 Å². The zero-order valence-corrected chi connectivity index (χ0v) is 21.5. The van der Waals surface area contributed by atoms with Gasteiger partial charge in [0.05, 0.1) is 30.2 Å².